The third-order valence-electron chi connectivity index (χ3n) is 5.82. The Bertz CT molecular complexity index is 473. The lowest BCUT2D eigenvalue weighted by atomic mass is 9.76. The van der Waals surface area contributed by atoms with E-state index in [1.54, 1.807) is 0 Å². The first-order valence-electron chi connectivity index (χ1n) is 7.61. The van der Waals surface area contributed by atoms with Gasteiger partial charge in [0.2, 0.25) is 0 Å². The average molecular weight is 302 g/mol. The molecule has 1 aliphatic heterocycles. The zero-order chi connectivity index (χ0) is 15.7. The van der Waals surface area contributed by atoms with Gasteiger partial charge in [0.15, 0.2) is 0 Å². The zero-order valence-electron chi connectivity index (χ0n) is 13.1. The van der Waals surface area contributed by atoms with Crippen molar-refractivity contribution in [3.63, 3.8) is 0 Å². The Balaban J connectivity index is 1.71. The molecule has 0 unspecified atom stereocenters. The number of alkyl halides is 2. The molecule has 0 aromatic heterocycles. The summed E-state index contributed by atoms with van der Waals surface area (Å²) in [5, 5.41) is 0. The molecule has 0 aromatic carbocycles. The predicted molar refractivity (Wildman–Crippen MR) is 74.7 cm³/mol. The van der Waals surface area contributed by atoms with Gasteiger partial charge in [0.1, 0.15) is 5.73 Å². The lowest BCUT2D eigenvalue weighted by molar-refractivity contribution is 0.00578. The molecular weight excluding hydrogens is 280 g/mol. The molecule has 0 bridgehead atoms. The Morgan fingerprint density at radius 3 is 1.81 bits per heavy atom. The molecule has 6 heteroatoms. The van der Waals surface area contributed by atoms with Crippen LogP contribution in [0.1, 0.15) is 59.8 Å². The van der Waals surface area contributed by atoms with E-state index in [-0.39, 0.29) is 6.42 Å². The van der Waals surface area contributed by atoms with E-state index in [0.717, 1.165) is 0 Å². The van der Waals surface area contributed by atoms with Crippen molar-refractivity contribution in [2.45, 2.75) is 76.9 Å². The Hall–Kier alpha value is -0.485. The molecule has 1 spiro atoms. The van der Waals surface area contributed by atoms with Crippen LogP contribution in [0.15, 0.2) is 11.3 Å². The summed E-state index contributed by atoms with van der Waals surface area (Å²) in [6.07, 6.45) is 1.45. The fourth-order valence-corrected chi connectivity index (χ4v) is 3.31. The van der Waals surface area contributed by atoms with E-state index in [2.05, 4.69) is 0 Å². The number of hydrogen-bond donors (Lipinski definition) is 0. The Kier molecular flexibility index (Phi) is 3.14. The normalized spacial score (nSPS) is 36.1. The molecule has 0 amide bonds. The van der Waals surface area contributed by atoms with E-state index < -0.39 is 35.4 Å². The van der Waals surface area contributed by atoms with Crippen LogP contribution in [-0.4, -0.2) is 24.2 Å². The summed E-state index contributed by atoms with van der Waals surface area (Å²) in [7, 11) is -1.00. The summed E-state index contributed by atoms with van der Waals surface area (Å²) in [5.74, 6) is -2.54. The van der Waals surface area contributed by atoms with Crippen LogP contribution in [0.3, 0.4) is 0 Å². The smallest absolute Gasteiger partial charge is 0.398 e. The van der Waals surface area contributed by atoms with Crippen LogP contribution in [0.2, 0.25) is 0 Å². The lowest BCUT2D eigenvalue weighted by Gasteiger charge is -2.32. The maximum absolute atomic E-state index is 14.6. The van der Waals surface area contributed by atoms with E-state index in [0.29, 0.717) is 31.3 Å². The molecule has 2 saturated carbocycles. The number of allylic oxidation sites excluding steroid dienone is 1. The third-order valence-corrected chi connectivity index (χ3v) is 5.82. The van der Waals surface area contributed by atoms with Gasteiger partial charge in [-0.15, -0.1) is 0 Å². The maximum Gasteiger partial charge on any atom is 0.525 e. The minimum atomic E-state index is -2.54. The Labute approximate surface area is 124 Å². The Morgan fingerprint density at radius 1 is 1.00 bits per heavy atom. The molecule has 1 heterocycles. The molecule has 118 valence electrons. The van der Waals surface area contributed by atoms with Gasteiger partial charge < -0.3 is 9.31 Å². The van der Waals surface area contributed by atoms with Crippen LogP contribution in [-0.2, 0) is 9.31 Å². The molecule has 21 heavy (non-hydrogen) atoms. The molecule has 0 radical (unpaired) electrons. The van der Waals surface area contributed by atoms with Crippen molar-refractivity contribution in [3.8, 4) is 0 Å². The molecule has 3 aliphatic rings. The zero-order valence-corrected chi connectivity index (χ0v) is 13.1. The first-order chi connectivity index (χ1) is 9.50. The molecule has 0 aromatic rings. The molecule has 2 aliphatic carbocycles. The highest BCUT2D eigenvalue weighted by Crippen LogP contribution is 2.68. The van der Waals surface area contributed by atoms with Gasteiger partial charge in [-0.05, 0) is 59.0 Å². The fraction of sp³-hybridized carbons (Fsp3) is 0.867. The van der Waals surface area contributed by atoms with Crippen molar-refractivity contribution in [2.75, 3.05) is 0 Å². The van der Waals surface area contributed by atoms with Crippen LogP contribution in [0.25, 0.3) is 0 Å². The van der Waals surface area contributed by atoms with Gasteiger partial charge in [0.25, 0.3) is 5.92 Å². The van der Waals surface area contributed by atoms with Gasteiger partial charge in [-0.2, -0.15) is 0 Å². The Morgan fingerprint density at radius 2 is 1.43 bits per heavy atom. The van der Waals surface area contributed by atoms with Gasteiger partial charge >= 0.3 is 7.12 Å². The second-order valence-electron chi connectivity index (χ2n) is 7.70. The predicted octanol–water partition coefficient (Wildman–Crippen LogP) is 4.44. The summed E-state index contributed by atoms with van der Waals surface area (Å²) < 4.78 is 52.6. The molecular formula is C15H22BF3O2. The third kappa shape index (κ3) is 2.26. The largest absolute Gasteiger partial charge is 0.525 e. The topological polar surface area (TPSA) is 18.5 Å². The van der Waals surface area contributed by atoms with E-state index in [4.69, 9.17) is 9.31 Å². The van der Waals surface area contributed by atoms with Crippen LogP contribution < -0.4 is 0 Å². The minimum absolute atomic E-state index is 0.0363. The molecule has 3 fully saturated rings. The summed E-state index contributed by atoms with van der Waals surface area (Å²) in [6, 6.07) is 0. The maximum atomic E-state index is 14.6. The fourth-order valence-electron chi connectivity index (χ4n) is 3.31. The van der Waals surface area contributed by atoms with Crippen LogP contribution >= 0.6 is 0 Å². The first kappa shape index (κ1) is 15.4. The van der Waals surface area contributed by atoms with Gasteiger partial charge in [-0.1, -0.05) is 0 Å². The molecule has 0 atom stereocenters. The van der Waals surface area contributed by atoms with Crippen molar-refractivity contribution in [1.82, 2.24) is 0 Å². The second-order valence-corrected chi connectivity index (χ2v) is 7.70. The highest BCUT2D eigenvalue weighted by atomic mass is 19.3. The van der Waals surface area contributed by atoms with Crippen molar-refractivity contribution in [3.05, 3.63) is 11.3 Å². The van der Waals surface area contributed by atoms with E-state index in [1.807, 2.05) is 27.7 Å². The van der Waals surface area contributed by atoms with Crippen LogP contribution in [0.4, 0.5) is 13.2 Å². The number of rotatable bonds is 1. The summed E-state index contributed by atoms with van der Waals surface area (Å²) >= 11 is 0. The molecule has 2 nitrogen and oxygen atoms in total. The summed E-state index contributed by atoms with van der Waals surface area (Å²) in [4.78, 5) is 0. The lowest BCUT2D eigenvalue weighted by Crippen LogP contribution is -2.41. The molecule has 3 rings (SSSR count). The van der Waals surface area contributed by atoms with E-state index in [1.165, 1.54) is 0 Å². The quantitative estimate of drug-likeness (QED) is 0.667. The summed E-state index contributed by atoms with van der Waals surface area (Å²) in [6.45, 7) is 7.47. The van der Waals surface area contributed by atoms with Crippen molar-refractivity contribution >= 4 is 7.12 Å². The van der Waals surface area contributed by atoms with Crippen LogP contribution in [0, 0.1) is 5.41 Å². The first-order valence-corrected chi connectivity index (χ1v) is 7.61. The highest BCUT2D eigenvalue weighted by Gasteiger charge is 2.70. The van der Waals surface area contributed by atoms with Gasteiger partial charge in [0.05, 0.1) is 11.2 Å². The van der Waals surface area contributed by atoms with Gasteiger partial charge in [0, 0.05) is 11.8 Å². The summed E-state index contributed by atoms with van der Waals surface area (Å²) in [5.41, 5.74) is -1.86. The highest BCUT2D eigenvalue weighted by molar-refractivity contribution is 6.53. The van der Waals surface area contributed by atoms with Gasteiger partial charge in [-0.3, -0.25) is 0 Å². The van der Waals surface area contributed by atoms with Crippen molar-refractivity contribution < 1.29 is 22.5 Å². The van der Waals surface area contributed by atoms with Gasteiger partial charge in [-0.25, -0.2) is 13.2 Å². The minimum Gasteiger partial charge on any atom is -0.398 e. The monoisotopic (exact) mass is 302 g/mol. The SMILES string of the molecule is CC1(C)OB(C(F)=C2CCC3(CC2)CC3(F)F)OC1(C)C. The molecule has 1 saturated heterocycles. The second kappa shape index (κ2) is 4.28. The van der Waals surface area contributed by atoms with Crippen LogP contribution in [0.5, 0.6) is 0 Å². The van der Waals surface area contributed by atoms with E-state index >= 15 is 0 Å². The number of hydrogen-bond acceptors (Lipinski definition) is 2. The van der Waals surface area contributed by atoms with E-state index in [9.17, 15) is 13.2 Å². The number of halogens is 3. The van der Waals surface area contributed by atoms with Crippen molar-refractivity contribution in [1.29, 1.82) is 0 Å². The molecule has 0 N–H and O–H groups in total. The average Bonchev–Trinajstić information content (AvgIpc) is 2.78. The standard InChI is InChI=1S/C15H22BF3O2/c1-12(2)13(3,4)21-16(20-12)11(17)10-5-7-14(8-6-10)9-15(14,18)19/h5-9H2,1-4H3. The van der Waals surface area contributed by atoms with Crippen molar-refractivity contribution in [2.24, 2.45) is 5.41 Å².